The fourth-order valence-corrected chi connectivity index (χ4v) is 2.77. The zero-order valence-corrected chi connectivity index (χ0v) is 13.9. The largest absolute Gasteiger partial charge is 0.369 e. The molecular weight excluding hydrogens is 383 g/mol. The lowest BCUT2D eigenvalue weighted by Gasteiger charge is -2.11. The number of hydrogen-bond donors (Lipinski definition) is 1. The maximum absolute atomic E-state index is 11.2. The van der Waals surface area contributed by atoms with E-state index in [0.717, 1.165) is 28.0 Å². The second-order valence-corrected chi connectivity index (χ2v) is 5.39. The van der Waals surface area contributed by atoms with Crippen LogP contribution in [0.2, 0.25) is 0 Å². The molecule has 0 saturated heterocycles. The molecule has 1 heterocycles. The van der Waals surface area contributed by atoms with Gasteiger partial charge in [-0.25, -0.2) is 9.97 Å². The third-order valence-corrected chi connectivity index (χ3v) is 4.07. The molecule has 110 valence electrons. The average molecular weight is 398 g/mol. The van der Waals surface area contributed by atoms with Crippen molar-refractivity contribution in [1.82, 2.24) is 9.97 Å². The van der Waals surface area contributed by atoms with Crippen molar-refractivity contribution in [2.45, 2.75) is 20.3 Å². The Labute approximate surface area is 136 Å². The smallest absolute Gasteiger partial charge is 0.280 e. The third-order valence-electron chi connectivity index (χ3n) is 2.94. The Morgan fingerprint density at radius 1 is 1.29 bits per heavy atom. The molecule has 0 saturated carbocycles. The number of benzene rings is 1. The molecule has 2 rings (SSSR count). The number of rotatable bonds is 5. The molecule has 0 aliphatic rings. The molecule has 0 atom stereocenters. The molecular formula is C14H15IN4O2. The van der Waals surface area contributed by atoms with Crippen molar-refractivity contribution in [2.75, 3.05) is 11.9 Å². The van der Waals surface area contributed by atoms with Gasteiger partial charge in [0.25, 0.3) is 5.69 Å². The Bertz CT molecular complexity index is 676. The molecule has 7 heteroatoms. The highest BCUT2D eigenvalue weighted by Crippen LogP contribution is 2.30. The van der Waals surface area contributed by atoms with Gasteiger partial charge in [-0.15, -0.1) is 0 Å². The molecule has 6 nitrogen and oxygen atoms in total. The van der Waals surface area contributed by atoms with Gasteiger partial charge in [0.2, 0.25) is 0 Å². The van der Waals surface area contributed by atoms with E-state index in [2.05, 4.69) is 37.9 Å². The molecule has 2 aromatic rings. The van der Waals surface area contributed by atoms with Crippen molar-refractivity contribution in [3.05, 3.63) is 43.6 Å². The number of hydrogen-bond acceptors (Lipinski definition) is 5. The van der Waals surface area contributed by atoms with E-state index in [1.807, 2.05) is 13.8 Å². The van der Waals surface area contributed by atoms with Crippen molar-refractivity contribution in [1.29, 1.82) is 0 Å². The summed E-state index contributed by atoms with van der Waals surface area (Å²) in [7, 11) is 0. The monoisotopic (exact) mass is 398 g/mol. The van der Waals surface area contributed by atoms with E-state index in [4.69, 9.17) is 0 Å². The van der Waals surface area contributed by atoms with Crippen LogP contribution in [-0.2, 0) is 6.42 Å². The first-order valence-corrected chi connectivity index (χ1v) is 7.70. The predicted molar refractivity (Wildman–Crippen MR) is 90.4 cm³/mol. The fraction of sp³-hybridized carbons (Fsp3) is 0.286. The molecule has 1 N–H and O–H groups in total. The second-order valence-electron chi connectivity index (χ2n) is 4.31. The molecule has 21 heavy (non-hydrogen) atoms. The van der Waals surface area contributed by atoms with Crippen LogP contribution in [0, 0.1) is 13.7 Å². The van der Waals surface area contributed by atoms with Crippen molar-refractivity contribution < 1.29 is 4.92 Å². The van der Waals surface area contributed by atoms with Gasteiger partial charge >= 0.3 is 0 Å². The zero-order chi connectivity index (χ0) is 15.4. The van der Waals surface area contributed by atoms with Gasteiger partial charge in [-0.3, -0.25) is 10.1 Å². The lowest BCUT2D eigenvalue weighted by atomic mass is 10.1. The quantitative estimate of drug-likeness (QED) is 0.473. The lowest BCUT2D eigenvalue weighted by Crippen LogP contribution is -2.08. The van der Waals surface area contributed by atoms with Gasteiger partial charge in [-0.1, -0.05) is 19.1 Å². The van der Waals surface area contributed by atoms with Crippen molar-refractivity contribution in [2.24, 2.45) is 0 Å². The van der Waals surface area contributed by atoms with E-state index in [1.165, 1.54) is 6.07 Å². The Kier molecular flexibility index (Phi) is 5.05. The van der Waals surface area contributed by atoms with E-state index in [1.54, 1.807) is 18.2 Å². The minimum atomic E-state index is -0.408. The number of nitro groups is 1. The second kappa shape index (κ2) is 6.79. The highest BCUT2D eigenvalue weighted by Gasteiger charge is 2.19. The Hall–Kier alpha value is -1.77. The number of nitrogens with zero attached hydrogens (tertiary/aromatic N) is 3. The molecule has 0 spiro atoms. The van der Waals surface area contributed by atoms with Crippen LogP contribution in [0.3, 0.4) is 0 Å². The van der Waals surface area contributed by atoms with Crippen LogP contribution in [0.15, 0.2) is 24.3 Å². The van der Waals surface area contributed by atoms with Crippen molar-refractivity contribution in [3.63, 3.8) is 0 Å². The van der Waals surface area contributed by atoms with Gasteiger partial charge in [-0.2, -0.15) is 0 Å². The SMILES string of the molecule is CCNc1nc(-c2ccccc2[N+](=O)[O-])nc(CC)c1I. The van der Waals surface area contributed by atoms with Gasteiger partial charge in [0.05, 0.1) is 19.8 Å². The van der Waals surface area contributed by atoms with Crippen molar-refractivity contribution >= 4 is 34.1 Å². The third kappa shape index (κ3) is 3.29. The summed E-state index contributed by atoms with van der Waals surface area (Å²) in [6.07, 6.45) is 0.743. The van der Waals surface area contributed by atoms with E-state index in [0.29, 0.717) is 11.4 Å². The summed E-state index contributed by atoms with van der Waals surface area (Å²) < 4.78 is 0.958. The van der Waals surface area contributed by atoms with Gasteiger partial charge in [0.1, 0.15) is 5.82 Å². The first-order chi connectivity index (χ1) is 10.1. The average Bonchev–Trinajstić information content (AvgIpc) is 2.49. The van der Waals surface area contributed by atoms with E-state index < -0.39 is 4.92 Å². The molecule has 0 bridgehead atoms. The highest BCUT2D eigenvalue weighted by molar-refractivity contribution is 14.1. The van der Waals surface area contributed by atoms with Crippen LogP contribution in [0.4, 0.5) is 11.5 Å². The van der Waals surface area contributed by atoms with Crippen LogP contribution in [0.1, 0.15) is 19.5 Å². The number of halogens is 1. The van der Waals surface area contributed by atoms with Crippen LogP contribution in [0.25, 0.3) is 11.4 Å². The minimum absolute atomic E-state index is 0.0169. The van der Waals surface area contributed by atoms with Gasteiger partial charge in [0.15, 0.2) is 5.82 Å². The number of aromatic nitrogens is 2. The maximum Gasteiger partial charge on any atom is 0.280 e. The van der Waals surface area contributed by atoms with E-state index in [9.17, 15) is 10.1 Å². The van der Waals surface area contributed by atoms with Gasteiger partial charge in [0, 0.05) is 12.6 Å². The first kappa shape index (κ1) is 15.6. The molecule has 0 amide bonds. The number of para-hydroxylation sites is 1. The fourth-order valence-electron chi connectivity index (χ4n) is 1.95. The van der Waals surface area contributed by atoms with Crippen LogP contribution in [0.5, 0.6) is 0 Å². The zero-order valence-electron chi connectivity index (χ0n) is 11.8. The Balaban J connectivity index is 2.64. The molecule has 1 aromatic heterocycles. The first-order valence-electron chi connectivity index (χ1n) is 6.62. The topological polar surface area (TPSA) is 81.0 Å². The maximum atomic E-state index is 11.2. The number of nitro benzene ring substituents is 1. The lowest BCUT2D eigenvalue weighted by molar-refractivity contribution is -0.384. The molecule has 0 radical (unpaired) electrons. The Morgan fingerprint density at radius 2 is 2.00 bits per heavy atom. The van der Waals surface area contributed by atoms with E-state index in [-0.39, 0.29) is 5.69 Å². The highest BCUT2D eigenvalue weighted by atomic mass is 127. The number of aryl methyl sites for hydroxylation is 1. The summed E-state index contributed by atoms with van der Waals surface area (Å²) in [5.74, 6) is 1.11. The minimum Gasteiger partial charge on any atom is -0.369 e. The summed E-state index contributed by atoms with van der Waals surface area (Å²) in [5, 5.41) is 14.3. The summed E-state index contributed by atoms with van der Waals surface area (Å²) in [5.41, 5.74) is 1.34. The van der Waals surface area contributed by atoms with E-state index >= 15 is 0 Å². The predicted octanol–water partition coefficient (Wildman–Crippen LogP) is 3.65. The van der Waals surface area contributed by atoms with Crippen LogP contribution >= 0.6 is 22.6 Å². The van der Waals surface area contributed by atoms with Crippen LogP contribution in [-0.4, -0.2) is 21.4 Å². The van der Waals surface area contributed by atoms with Gasteiger partial charge < -0.3 is 5.32 Å². The Morgan fingerprint density at radius 3 is 2.62 bits per heavy atom. The molecule has 0 unspecified atom stereocenters. The molecule has 0 aliphatic heterocycles. The summed E-state index contributed by atoms with van der Waals surface area (Å²) >= 11 is 2.20. The summed E-state index contributed by atoms with van der Waals surface area (Å²) in [6, 6.07) is 6.53. The van der Waals surface area contributed by atoms with Gasteiger partial charge in [-0.05, 0) is 42.0 Å². The standard InChI is InChI=1S/C14H15IN4O2/c1-3-10-12(15)14(16-4-2)18-13(17-10)9-7-5-6-8-11(9)19(20)21/h5-8H,3-4H2,1-2H3,(H,16,17,18). The summed E-state index contributed by atoms with van der Waals surface area (Å²) in [4.78, 5) is 19.7. The molecule has 0 fully saturated rings. The number of nitrogens with one attached hydrogen (secondary N) is 1. The molecule has 0 aliphatic carbocycles. The molecule has 1 aromatic carbocycles. The van der Waals surface area contributed by atoms with Crippen molar-refractivity contribution in [3.8, 4) is 11.4 Å². The normalized spacial score (nSPS) is 10.4. The number of anilines is 1. The summed E-state index contributed by atoms with van der Waals surface area (Å²) in [6.45, 7) is 4.71. The van der Waals surface area contributed by atoms with Crippen LogP contribution < -0.4 is 5.32 Å².